The van der Waals surface area contributed by atoms with Crippen LogP contribution in [0.2, 0.25) is 0 Å². The number of fused-ring (bicyclic) bond motifs is 5. The van der Waals surface area contributed by atoms with Crippen LogP contribution in [-0.2, 0) is 6.42 Å². The zero-order chi connectivity index (χ0) is 19.7. The summed E-state index contributed by atoms with van der Waals surface area (Å²) in [7, 11) is 3.35. The molecular formula is C23H25N3O2. The first-order valence-corrected chi connectivity index (χ1v) is 9.66. The topological polar surface area (TPSA) is 66.6 Å². The molecule has 4 rings (SSSR count). The Labute approximate surface area is 166 Å². The second-order valence-corrected chi connectivity index (χ2v) is 7.59. The third kappa shape index (κ3) is 3.20. The fraction of sp³-hybridized carbons (Fsp3) is 0.391. The zero-order valence-electron chi connectivity index (χ0n) is 16.5. The summed E-state index contributed by atoms with van der Waals surface area (Å²) in [5.74, 6) is 3.17. The highest BCUT2D eigenvalue weighted by Gasteiger charge is 2.44. The van der Waals surface area contributed by atoms with Crippen molar-refractivity contribution in [2.75, 3.05) is 14.2 Å². The minimum Gasteiger partial charge on any atom is -0.493 e. The highest BCUT2D eigenvalue weighted by atomic mass is 16.5. The predicted molar refractivity (Wildman–Crippen MR) is 109 cm³/mol. The van der Waals surface area contributed by atoms with Crippen LogP contribution in [0, 0.1) is 18.4 Å². The highest BCUT2D eigenvalue weighted by Crippen LogP contribution is 2.56. The van der Waals surface area contributed by atoms with Crippen molar-refractivity contribution < 1.29 is 9.47 Å². The van der Waals surface area contributed by atoms with Crippen LogP contribution in [0.4, 0.5) is 0 Å². The molecular weight excluding hydrogens is 350 g/mol. The summed E-state index contributed by atoms with van der Waals surface area (Å²) in [5.41, 5.74) is 5.08. The lowest BCUT2D eigenvalue weighted by Gasteiger charge is -2.24. The Morgan fingerprint density at radius 2 is 1.86 bits per heavy atom. The van der Waals surface area contributed by atoms with Crippen LogP contribution in [-0.4, -0.2) is 26.1 Å². The molecule has 2 bridgehead atoms. The highest BCUT2D eigenvalue weighted by molar-refractivity contribution is 5.86. The van der Waals surface area contributed by atoms with Gasteiger partial charge in [0.05, 0.1) is 20.3 Å². The molecule has 2 aromatic carbocycles. The molecule has 0 spiro atoms. The van der Waals surface area contributed by atoms with Gasteiger partial charge in [0.15, 0.2) is 17.7 Å². The van der Waals surface area contributed by atoms with Crippen molar-refractivity contribution in [2.24, 2.45) is 4.99 Å². The number of ether oxygens (including phenoxy) is 2. The normalized spacial score (nSPS) is 22.5. The number of aryl methyl sites for hydroxylation is 1. The van der Waals surface area contributed by atoms with E-state index in [-0.39, 0.29) is 6.04 Å². The fourth-order valence-electron chi connectivity index (χ4n) is 4.71. The zero-order valence-corrected chi connectivity index (χ0v) is 16.5. The Morgan fingerprint density at radius 3 is 2.54 bits per heavy atom. The number of benzene rings is 2. The molecule has 5 nitrogen and oxygen atoms in total. The van der Waals surface area contributed by atoms with Gasteiger partial charge in [-0.3, -0.25) is 10.3 Å². The quantitative estimate of drug-likeness (QED) is 0.370. The second-order valence-electron chi connectivity index (χ2n) is 7.59. The lowest BCUT2D eigenvalue weighted by atomic mass is 9.88. The number of amidine groups is 1. The molecule has 1 fully saturated rings. The van der Waals surface area contributed by atoms with Crippen LogP contribution in [0.1, 0.15) is 46.9 Å². The molecule has 0 aromatic heterocycles. The molecule has 2 aliphatic rings. The van der Waals surface area contributed by atoms with Gasteiger partial charge in [0.25, 0.3) is 0 Å². The molecule has 2 aliphatic carbocycles. The molecule has 1 saturated carbocycles. The molecule has 0 aliphatic heterocycles. The van der Waals surface area contributed by atoms with Crippen LogP contribution in [0.25, 0.3) is 0 Å². The number of methoxy groups -OCH3 is 2. The van der Waals surface area contributed by atoms with Gasteiger partial charge in [-0.1, -0.05) is 24.3 Å². The summed E-state index contributed by atoms with van der Waals surface area (Å²) in [6.45, 7) is 2.09. The number of aliphatic imine (C=N–C) groups is 1. The summed E-state index contributed by atoms with van der Waals surface area (Å²) in [6, 6.07) is 12.7. The van der Waals surface area contributed by atoms with Crippen LogP contribution in [0.3, 0.4) is 0 Å². The first-order valence-electron chi connectivity index (χ1n) is 9.66. The molecule has 0 heterocycles. The number of hydrogen-bond donors (Lipinski definition) is 1. The van der Waals surface area contributed by atoms with Crippen LogP contribution < -0.4 is 14.8 Å². The monoisotopic (exact) mass is 375 g/mol. The molecule has 0 amide bonds. The molecule has 0 radical (unpaired) electrons. The summed E-state index contributed by atoms with van der Waals surface area (Å²) in [4.78, 5) is 4.99. The first kappa shape index (κ1) is 18.4. The molecule has 0 unspecified atom stereocenters. The standard InChI is InChI=1S/C23H25N3O2/c1-14-6-4-5-7-15(14)10-23(25-13-24)26-20-9-16-8-19(20)18-12-22(28-3)21(27-2)11-17(16)18/h4-7,11-12,16,19-20H,8-10H2,1-3H3,(H,25,26)/t16-,19+,20+/m1/s1. The minimum atomic E-state index is 0.190. The number of nitrogens with one attached hydrogen (secondary N) is 1. The smallest absolute Gasteiger partial charge is 0.182 e. The average Bonchev–Trinajstić information content (AvgIpc) is 3.27. The lowest BCUT2D eigenvalue weighted by molar-refractivity contribution is 0.353. The van der Waals surface area contributed by atoms with Gasteiger partial charge in [-0.15, -0.1) is 0 Å². The van der Waals surface area contributed by atoms with Gasteiger partial charge in [0.1, 0.15) is 5.84 Å². The molecule has 1 N–H and O–H groups in total. The van der Waals surface area contributed by atoms with Gasteiger partial charge in [-0.25, -0.2) is 0 Å². The summed E-state index contributed by atoms with van der Waals surface area (Å²) >= 11 is 0. The third-order valence-electron chi connectivity index (χ3n) is 6.10. The van der Waals surface area contributed by atoms with E-state index in [1.54, 1.807) is 14.2 Å². The van der Waals surface area contributed by atoms with E-state index in [4.69, 9.17) is 14.5 Å². The molecule has 144 valence electrons. The molecule has 5 heteroatoms. The lowest BCUT2D eigenvalue weighted by Crippen LogP contribution is -2.25. The van der Waals surface area contributed by atoms with Gasteiger partial charge in [-0.2, -0.15) is 5.26 Å². The molecule has 28 heavy (non-hydrogen) atoms. The number of nitriles is 1. The Bertz CT molecular complexity index is 961. The minimum absolute atomic E-state index is 0.190. The first-order chi connectivity index (χ1) is 13.6. The van der Waals surface area contributed by atoms with Crippen molar-refractivity contribution in [3.05, 3.63) is 58.7 Å². The van der Waals surface area contributed by atoms with E-state index < -0.39 is 0 Å². The largest absolute Gasteiger partial charge is 0.493 e. The maximum Gasteiger partial charge on any atom is 0.182 e. The van der Waals surface area contributed by atoms with E-state index in [9.17, 15) is 5.26 Å². The van der Waals surface area contributed by atoms with Crippen LogP contribution >= 0.6 is 0 Å². The summed E-state index contributed by atoms with van der Waals surface area (Å²) in [6.07, 6.45) is 4.82. The van der Waals surface area contributed by atoms with Crippen molar-refractivity contribution in [1.82, 2.24) is 5.32 Å². The van der Waals surface area contributed by atoms with Gasteiger partial charge < -0.3 is 9.47 Å². The summed E-state index contributed by atoms with van der Waals surface area (Å²) in [5, 5.41) is 12.0. The van der Waals surface area contributed by atoms with Crippen molar-refractivity contribution in [1.29, 1.82) is 5.26 Å². The fourth-order valence-corrected chi connectivity index (χ4v) is 4.71. The number of rotatable bonds is 5. The predicted octanol–water partition coefficient (Wildman–Crippen LogP) is 4.07. The second kappa shape index (κ2) is 7.55. The van der Waals surface area contributed by atoms with E-state index in [1.807, 2.05) is 12.1 Å². The van der Waals surface area contributed by atoms with Gasteiger partial charge in [0.2, 0.25) is 0 Å². The SMILES string of the molecule is COc1cc2c(cc1OC)[C@@H]1C[C@@H]2C[C@@H]1N=C(Cc1ccccc1C)NC#N. The van der Waals surface area contributed by atoms with Gasteiger partial charge in [-0.05, 0) is 60.1 Å². The van der Waals surface area contributed by atoms with Crippen LogP contribution in [0.5, 0.6) is 11.5 Å². The van der Waals surface area contributed by atoms with Gasteiger partial charge >= 0.3 is 0 Å². The Hall–Kier alpha value is -3.00. The van der Waals surface area contributed by atoms with Crippen molar-refractivity contribution in [2.45, 2.75) is 44.1 Å². The van der Waals surface area contributed by atoms with Crippen molar-refractivity contribution in [3.8, 4) is 17.7 Å². The van der Waals surface area contributed by atoms with E-state index in [0.717, 1.165) is 30.2 Å². The van der Waals surface area contributed by atoms with E-state index in [0.29, 0.717) is 18.3 Å². The molecule has 3 atom stereocenters. The average molecular weight is 375 g/mol. The van der Waals surface area contributed by atoms with E-state index in [2.05, 4.69) is 42.7 Å². The van der Waals surface area contributed by atoms with E-state index >= 15 is 0 Å². The number of nitrogens with zero attached hydrogens (tertiary/aromatic N) is 2. The van der Waals surface area contributed by atoms with Gasteiger partial charge in [0, 0.05) is 12.3 Å². The van der Waals surface area contributed by atoms with Crippen LogP contribution in [0.15, 0.2) is 41.4 Å². The molecule has 2 aromatic rings. The van der Waals surface area contributed by atoms with E-state index in [1.165, 1.54) is 22.3 Å². The van der Waals surface area contributed by atoms with Crippen molar-refractivity contribution in [3.63, 3.8) is 0 Å². The third-order valence-corrected chi connectivity index (χ3v) is 6.10. The Morgan fingerprint density at radius 1 is 1.14 bits per heavy atom. The maximum atomic E-state index is 9.20. The summed E-state index contributed by atoms with van der Waals surface area (Å²) < 4.78 is 11.0. The number of hydrogen-bond acceptors (Lipinski definition) is 4. The maximum absolute atomic E-state index is 9.20. The van der Waals surface area contributed by atoms with Crippen molar-refractivity contribution >= 4 is 5.84 Å². The Kier molecular flexibility index (Phi) is 4.95. The Balaban J connectivity index is 1.62. The molecule has 0 saturated heterocycles.